The van der Waals surface area contributed by atoms with Crippen LogP contribution in [0, 0.1) is 22.7 Å². The Morgan fingerprint density at radius 3 is 2.59 bits per heavy atom. The van der Waals surface area contributed by atoms with E-state index in [0.29, 0.717) is 17.5 Å². The van der Waals surface area contributed by atoms with E-state index in [1.165, 1.54) is 18.4 Å². The summed E-state index contributed by atoms with van der Waals surface area (Å²) in [7, 11) is 1.77. The van der Waals surface area contributed by atoms with E-state index in [-0.39, 0.29) is 28.3 Å². The second-order valence-corrected chi connectivity index (χ2v) is 14.9. The first kappa shape index (κ1) is 27.5. The number of benzene rings is 1. The Bertz CT molecular complexity index is 1300. The maximum atomic E-state index is 12.6. The van der Waals surface area contributed by atoms with E-state index in [1.54, 1.807) is 13.2 Å². The highest BCUT2D eigenvalue weighted by Gasteiger charge is 2.82. The van der Waals surface area contributed by atoms with Crippen LogP contribution in [0.25, 0.3) is 0 Å². The topological polar surface area (TPSA) is 118 Å². The van der Waals surface area contributed by atoms with Crippen molar-refractivity contribution in [3.8, 4) is 11.5 Å². The highest BCUT2D eigenvalue weighted by molar-refractivity contribution is 5.78. The zero-order valence-electron chi connectivity index (χ0n) is 24.9. The molecule has 3 N–H and O–H groups in total. The second-order valence-electron chi connectivity index (χ2n) is 14.9. The molecule has 1 amide bonds. The van der Waals surface area contributed by atoms with Gasteiger partial charge in [0, 0.05) is 42.0 Å². The van der Waals surface area contributed by atoms with E-state index >= 15 is 0 Å². The number of rotatable bonds is 7. The number of hydrogen-bond acceptors (Lipinski definition) is 7. The van der Waals surface area contributed by atoms with Crippen LogP contribution < -0.4 is 14.8 Å². The number of likely N-dealkylation sites (tertiary alicyclic amines) is 1. The fourth-order valence-corrected chi connectivity index (χ4v) is 9.93. The van der Waals surface area contributed by atoms with Gasteiger partial charge < -0.3 is 29.7 Å². The molecule has 2 aliphatic heterocycles. The maximum Gasteiger partial charge on any atom is 0.413 e. The molecule has 5 fully saturated rings. The van der Waals surface area contributed by atoms with E-state index < -0.39 is 29.8 Å². The molecule has 7 aliphatic rings. The minimum Gasteiger partial charge on any atom is -0.482 e. The molecule has 0 radical (unpaired) electrons. The molecule has 41 heavy (non-hydrogen) atoms. The molecule has 2 heterocycles. The molecule has 1 aromatic carbocycles. The number of nitrogens with zero attached hydrogens (tertiary/aromatic N) is 1. The van der Waals surface area contributed by atoms with Crippen molar-refractivity contribution < 1.29 is 34.0 Å². The molecule has 5 aliphatic carbocycles. The molecule has 1 saturated heterocycles. The molecule has 224 valence electrons. The lowest BCUT2D eigenvalue weighted by Gasteiger charge is -2.75. The van der Waals surface area contributed by atoms with Gasteiger partial charge in [0.1, 0.15) is 18.2 Å². The van der Waals surface area contributed by atoms with Crippen molar-refractivity contribution in [1.29, 1.82) is 0 Å². The molecule has 4 saturated carbocycles. The van der Waals surface area contributed by atoms with Crippen LogP contribution in [0.5, 0.6) is 11.5 Å². The SMILES string of the molecule is CO[C@]12CCC3(C[C@@H]1[C@](C)(O)C(C)(C)C)[C@H]1Cc4ccc(OC(=O)NCC(=O)O)c5c4C3(CCN1CC1CC1)[C@H]2O5. The van der Waals surface area contributed by atoms with Gasteiger partial charge in [-0.15, -0.1) is 0 Å². The van der Waals surface area contributed by atoms with Crippen molar-refractivity contribution in [1.82, 2.24) is 10.2 Å². The Morgan fingerprint density at radius 2 is 1.93 bits per heavy atom. The van der Waals surface area contributed by atoms with Crippen LogP contribution in [-0.4, -0.2) is 77.3 Å². The van der Waals surface area contributed by atoms with E-state index in [9.17, 15) is 14.7 Å². The first-order valence-electron chi connectivity index (χ1n) is 15.3. The fraction of sp³-hybridized carbons (Fsp3) is 0.750. The van der Waals surface area contributed by atoms with Gasteiger partial charge in [0.25, 0.3) is 0 Å². The molecule has 9 heteroatoms. The minimum absolute atomic E-state index is 0.104. The molecule has 7 atom stereocenters. The van der Waals surface area contributed by atoms with Crippen LogP contribution in [0.15, 0.2) is 12.1 Å². The van der Waals surface area contributed by atoms with E-state index in [2.05, 4.69) is 37.1 Å². The predicted octanol–water partition coefficient (Wildman–Crippen LogP) is 3.88. The van der Waals surface area contributed by atoms with Crippen molar-refractivity contribution >= 4 is 12.1 Å². The first-order chi connectivity index (χ1) is 19.3. The second kappa shape index (κ2) is 8.60. The molecule has 8 rings (SSSR count). The van der Waals surface area contributed by atoms with Crippen molar-refractivity contribution in [2.75, 3.05) is 26.7 Å². The van der Waals surface area contributed by atoms with Crippen LogP contribution in [-0.2, 0) is 21.4 Å². The number of carboxylic acid groups (broad SMARTS) is 1. The number of carbonyl (C=O) groups is 2. The third kappa shape index (κ3) is 3.45. The van der Waals surface area contributed by atoms with Gasteiger partial charge in [0.15, 0.2) is 11.5 Å². The Morgan fingerprint density at radius 1 is 1.17 bits per heavy atom. The Hall–Kier alpha value is -2.36. The van der Waals surface area contributed by atoms with Crippen LogP contribution in [0.1, 0.15) is 77.3 Å². The van der Waals surface area contributed by atoms with Crippen LogP contribution in [0.4, 0.5) is 4.79 Å². The van der Waals surface area contributed by atoms with Gasteiger partial charge >= 0.3 is 12.1 Å². The first-order valence-corrected chi connectivity index (χ1v) is 15.3. The maximum absolute atomic E-state index is 12.6. The molecule has 2 spiro atoms. The zero-order chi connectivity index (χ0) is 29.2. The lowest BCUT2D eigenvalue weighted by Crippen LogP contribution is -2.83. The number of methoxy groups -OCH3 is 1. The molecule has 4 bridgehead atoms. The van der Waals surface area contributed by atoms with Gasteiger partial charge in [-0.2, -0.15) is 0 Å². The third-order valence-corrected chi connectivity index (χ3v) is 12.4. The molecule has 0 aromatic heterocycles. The van der Waals surface area contributed by atoms with Crippen LogP contribution in [0.3, 0.4) is 0 Å². The van der Waals surface area contributed by atoms with Crippen molar-refractivity contribution in [3.05, 3.63) is 23.3 Å². The molecule has 9 nitrogen and oxygen atoms in total. The quantitative estimate of drug-likeness (QED) is 0.454. The number of aliphatic carboxylic acids is 1. The summed E-state index contributed by atoms with van der Waals surface area (Å²) in [5.74, 6) is 0.408. The van der Waals surface area contributed by atoms with Gasteiger partial charge in [-0.3, -0.25) is 9.69 Å². The number of aliphatic hydroxyl groups is 1. The number of piperidine rings is 1. The van der Waals surface area contributed by atoms with Crippen molar-refractivity contribution in [2.24, 2.45) is 22.7 Å². The summed E-state index contributed by atoms with van der Waals surface area (Å²) in [4.78, 5) is 26.4. The zero-order valence-corrected chi connectivity index (χ0v) is 24.9. The molecule has 1 aromatic rings. The van der Waals surface area contributed by atoms with Gasteiger partial charge in [-0.05, 0) is 81.4 Å². The smallest absolute Gasteiger partial charge is 0.413 e. The van der Waals surface area contributed by atoms with Gasteiger partial charge in [0.05, 0.1) is 5.60 Å². The highest BCUT2D eigenvalue weighted by atomic mass is 16.6. The number of hydrogen-bond donors (Lipinski definition) is 3. The van der Waals surface area contributed by atoms with E-state index in [0.717, 1.165) is 56.7 Å². The monoisotopic (exact) mass is 568 g/mol. The van der Waals surface area contributed by atoms with Gasteiger partial charge in [-0.25, -0.2) is 4.79 Å². The number of nitrogens with one attached hydrogen (secondary N) is 1. The fourth-order valence-electron chi connectivity index (χ4n) is 9.93. The third-order valence-electron chi connectivity index (χ3n) is 12.4. The van der Waals surface area contributed by atoms with Gasteiger partial charge in [0.2, 0.25) is 0 Å². The summed E-state index contributed by atoms with van der Waals surface area (Å²) in [5, 5.41) is 23.7. The average Bonchev–Trinajstić information content (AvgIpc) is 3.66. The summed E-state index contributed by atoms with van der Waals surface area (Å²) in [5.41, 5.74) is -0.114. The van der Waals surface area contributed by atoms with E-state index in [4.69, 9.17) is 19.3 Å². The number of ether oxygens (including phenoxy) is 3. The number of carbonyl (C=O) groups excluding carboxylic acids is 1. The minimum atomic E-state index is -1.14. The highest BCUT2D eigenvalue weighted by Crippen LogP contribution is 2.78. The summed E-state index contributed by atoms with van der Waals surface area (Å²) in [6.07, 6.45) is 5.99. The number of carboxylic acids is 1. The Kier molecular flexibility index (Phi) is 5.76. The summed E-state index contributed by atoms with van der Waals surface area (Å²) >= 11 is 0. The number of fused-ring (bicyclic) bond motifs is 2. The Labute approximate surface area is 241 Å². The molecule has 2 unspecified atom stereocenters. The predicted molar refractivity (Wildman–Crippen MR) is 150 cm³/mol. The van der Waals surface area contributed by atoms with Crippen molar-refractivity contribution in [2.45, 2.75) is 101 Å². The average molecular weight is 569 g/mol. The summed E-state index contributed by atoms with van der Waals surface area (Å²) in [6.45, 7) is 9.91. The van der Waals surface area contributed by atoms with Crippen LogP contribution in [0.2, 0.25) is 0 Å². The summed E-state index contributed by atoms with van der Waals surface area (Å²) < 4.78 is 19.4. The lowest BCUT2D eigenvalue weighted by molar-refractivity contribution is -0.312. The largest absolute Gasteiger partial charge is 0.482 e. The lowest BCUT2D eigenvalue weighted by atomic mass is 9.33. The molecular formula is C32H44N2O7. The van der Waals surface area contributed by atoms with Gasteiger partial charge in [-0.1, -0.05) is 26.8 Å². The normalized spacial score (nSPS) is 38.0. The van der Waals surface area contributed by atoms with Crippen molar-refractivity contribution in [3.63, 3.8) is 0 Å². The van der Waals surface area contributed by atoms with E-state index in [1.807, 2.05) is 6.92 Å². The summed E-state index contributed by atoms with van der Waals surface area (Å²) in [6, 6.07) is 4.23. The van der Waals surface area contributed by atoms with Crippen LogP contribution >= 0.6 is 0 Å². The molecular weight excluding hydrogens is 524 g/mol. The Balaban J connectivity index is 1.39. The number of amides is 1. The standard InChI is InChI=1S/C32H44N2O7/c1-28(2,3)29(4,38)21-15-30-10-11-32(21,39-5)26-31(30)12-13-34(17-18-6-7-18)22(30)14-19-8-9-20(25(41-26)24(19)31)40-27(37)33-16-23(35)36/h8-9,18,21-22,26,38H,6-7,10-17H2,1-5H3,(H,33,37)(H,35,36)/t21-,22-,26-,29+,30?,31?,32-/m1/s1.